The van der Waals surface area contributed by atoms with Crippen molar-refractivity contribution in [2.45, 2.75) is 26.3 Å². The summed E-state index contributed by atoms with van der Waals surface area (Å²) in [5.41, 5.74) is 2.54. The van der Waals surface area contributed by atoms with E-state index in [0.717, 1.165) is 12.0 Å². The molecule has 0 saturated carbocycles. The minimum Gasteiger partial charge on any atom is -0.478 e. The summed E-state index contributed by atoms with van der Waals surface area (Å²) in [5, 5.41) is 9.00. The molecule has 0 aliphatic rings. The Morgan fingerprint density at radius 3 is 2.48 bits per heavy atom. The van der Waals surface area contributed by atoms with Gasteiger partial charge in [-0.3, -0.25) is 9.78 Å². The molecule has 0 bridgehead atoms. The second-order valence-corrected chi connectivity index (χ2v) is 5.69. The molecule has 0 fully saturated rings. The lowest BCUT2D eigenvalue weighted by Gasteiger charge is -2.25. The second kappa shape index (κ2) is 7.05. The molecule has 2 rings (SSSR count). The van der Waals surface area contributed by atoms with Crippen LogP contribution in [0.25, 0.3) is 0 Å². The lowest BCUT2D eigenvalue weighted by atomic mass is 10.0. The third kappa shape index (κ3) is 4.16. The maximum atomic E-state index is 12.5. The summed E-state index contributed by atoms with van der Waals surface area (Å²) >= 11 is 0. The molecular weight excluding hydrogens is 292 g/mol. The standard InChI is InChI=1S/C18H20N2O3/c1-12-4-6-14(7-5-12)10-13(2)20(3)17(21)16-11-15(18(22)23)8-9-19-16/h4-9,11,13H,10H2,1-3H3,(H,22,23). The predicted molar refractivity (Wildman–Crippen MR) is 87.6 cm³/mol. The average molecular weight is 312 g/mol. The number of hydrogen-bond acceptors (Lipinski definition) is 3. The van der Waals surface area contributed by atoms with Crippen LogP contribution in [0.15, 0.2) is 42.6 Å². The van der Waals surface area contributed by atoms with Gasteiger partial charge in [-0.15, -0.1) is 0 Å². The number of carbonyl (C=O) groups excluding carboxylic acids is 1. The smallest absolute Gasteiger partial charge is 0.335 e. The first kappa shape index (κ1) is 16.7. The molecule has 0 radical (unpaired) electrons. The van der Waals surface area contributed by atoms with Gasteiger partial charge < -0.3 is 10.0 Å². The number of pyridine rings is 1. The SMILES string of the molecule is Cc1ccc(CC(C)N(C)C(=O)c2cc(C(=O)O)ccn2)cc1. The highest BCUT2D eigenvalue weighted by Gasteiger charge is 2.20. The Kier molecular flexibility index (Phi) is 5.11. The lowest BCUT2D eigenvalue weighted by molar-refractivity contribution is 0.0696. The minimum atomic E-state index is -1.07. The first-order valence-electron chi connectivity index (χ1n) is 7.40. The van der Waals surface area contributed by atoms with Crippen molar-refractivity contribution in [2.24, 2.45) is 0 Å². The van der Waals surface area contributed by atoms with E-state index in [0.29, 0.717) is 0 Å². The van der Waals surface area contributed by atoms with E-state index in [9.17, 15) is 9.59 Å². The quantitative estimate of drug-likeness (QED) is 0.921. The van der Waals surface area contributed by atoms with Gasteiger partial charge >= 0.3 is 5.97 Å². The van der Waals surface area contributed by atoms with Crippen LogP contribution >= 0.6 is 0 Å². The van der Waals surface area contributed by atoms with Crippen LogP contribution in [0.1, 0.15) is 38.9 Å². The summed E-state index contributed by atoms with van der Waals surface area (Å²) < 4.78 is 0. The molecule has 0 spiro atoms. The van der Waals surface area contributed by atoms with E-state index in [4.69, 9.17) is 5.11 Å². The molecule has 0 aliphatic carbocycles. The van der Waals surface area contributed by atoms with Crippen molar-refractivity contribution >= 4 is 11.9 Å². The molecule has 0 saturated heterocycles. The van der Waals surface area contributed by atoms with Crippen molar-refractivity contribution in [3.05, 3.63) is 65.0 Å². The number of amides is 1. The van der Waals surface area contributed by atoms with Crippen LogP contribution in [0, 0.1) is 6.92 Å². The molecule has 1 unspecified atom stereocenters. The Hall–Kier alpha value is -2.69. The van der Waals surface area contributed by atoms with Gasteiger partial charge in [0.05, 0.1) is 5.56 Å². The minimum absolute atomic E-state index is 0.0273. The first-order valence-corrected chi connectivity index (χ1v) is 7.40. The van der Waals surface area contributed by atoms with E-state index in [1.165, 1.54) is 23.9 Å². The second-order valence-electron chi connectivity index (χ2n) is 5.69. The number of rotatable bonds is 5. The van der Waals surface area contributed by atoms with Crippen LogP contribution in [0.4, 0.5) is 0 Å². The van der Waals surface area contributed by atoms with Gasteiger partial charge in [0, 0.05) is 19.3 Å². The fourth-order valence-corrected chi connectivity index (χ4v) is 2.26. The fraction of sp³-hybridized carbons (Fsp3) is 0.278. The molecular formula is C18H20N2O3. The van der Waals surface area contributed by atoms with Gasteiger partial charge in [0.1, 0.15) is 5.69 Å². The summed E-state index contributed by atoms with van der Waals surface area (Å²) in [4.78, 5) is 29.1. The summed E-state index contributed by atoms with van der Waals surface area (Å²) in [7, 11) is 1.70. The monoisotopic (exact) mass is 312 g/mol. The normalized spacial score (nSPS) is 11.8. The zero-order valence-corrected chi connectivity index (χ0v) is 13.5. The summed E-state index contributed by atoms with van der Waals surface area (Å²) in [6.45, 7) is 3.99. The van der Waals surface area contributed by atoms with Crippen LogP contribution in [0.2, 0.25) is 0 Å². The van der Waals surface area contributed by atoms with E-state index in [1.807, 2.05) is 38.1 Å². The Morgan fingerprint density at radius 2 is 1.87 bits per heavy atom. The number of aromatic carboxylic acids is 1. The molecule has 1 N–H and O–H groups in total. The highest BCUT2D eigenvalue weighted by atomic mass is 16.4. The van der Waals surface area contributed by atoms with Gasteiger partial charge in [-0.05, 0) is 38.0 Å². The number of likely N-dealkylation sites (N-methyl/N-ethyl adjacent to an activating group) is 1. The van der Waals surface area contributed by atoms with Crippen molar-refractivity contribution in [1.82, 2.24) is 9.88 Å². The molecule has 1 atom stereocenters. The molecule has 2 aromatic rings. The number of nitrogens with zero attached hydrogens (tertiary/aromatic N) is 2. The molecule has 23 heavy (non-hydrogen) atoms. The van der Waals surface area contributed by atoms with Crippen molar-refractivity contribution in [2.75, 3.05) is 7.05 Å². The Balaban J connectivity index is 2.10. The molecule has 1 aromatic heterocycles. The fourth-order valence-electron chi connectivity index (χ4n) is 2.26. The molecule has 5 heteroatoms. The van der Waals surface area contributed by atoms with Gasteiger partial charge in [-0.1, -0.05) is 29.8 Å². The number of carboxylic acid groups (broad SMARTS) is 1. The molecule has 5 nitrogen and oxygen atoms in total. The highest BCUT2D eigenvalue weighted by Crippen LogP contribution is 2.12. The maximum absolute atomic E-state index is 12.5. The number of hydrogen-bond donors (Lipinski definition) is 1. The largest absolute Gasteiger partial charge is 0.478 e. The zero-order chi connectivity index (χ0) is 17.0. The number of carbonyl (C=O) groups is 2. The predicted octanol–water partition coefficient (Wildman–Crippen LogP) is 2.79. The third-order valence-electron chi connectivity index (χ3n) is 3.86. The van der Waals surface area contributed by atoms with E-state index < -0.39 is 5.97 Å². The van der Waals surface area contributed by atoms with Crippen LogP contribution in [-0.2, 0) is 6.42 Å². The molecule has 1 aromatic carbocycles. The van der Waals surface area contributed by atoms with Crippen molar-refractivity contribution < 1.29 is 14.7 Å². The van der Waals surface area contributed by atoms with Crippen LogP contribution in [-0.4, -0.2) is 40.0 Å². The zero-order valence-electron chi connectivity index (χ0n) is 13.5. The lowest BCUT2D eigenvalue weighted by Crippen LogP contribution is -2.37. The van der Waals surface area contributed by atoms with Gasteiger partial charge in [-0.2, -0.15) is 0 Å². The van der Waals surface area contributed by atoms with Gasteiger partial charge in [-0.25, -0.2) is 4.79 Å². The molecule has 1 heterocycles. The van der Waals surface area contributed by atoms with E-state index >= 15 is 0 Å². The maximum Gasteiger partial charge on any atom is 0.335 e. The van der Waals surface area contributed by atoms with Crippen LogP contribution in [0.3, 0.4) is 0 Å². The third-order valence-corrected chi connectivity index (χ3v) is 3.86. The van der Waals surface area contributed by atoms with Gasteiger partial charge in [0.2, 0.25) is 0 Å². The number of aryl methyl sites for hydroxylation is 1. The van der Waals surface area contributed by atoms with E-state index in [1.54, 1.807) is 11.9 Å². The van der Waals surface area contributed by atoms with Crippen LogP contribution < -0.4 is 0 Å². The summed E-state index contributed by atoms with van der Waals surface area (Å²) in [5.74, 6) is -1.36. The van der Waals surface area contributed by atoms with E-state index in [2.05, 4.69) is 4.98 Å². The average Bonchev–Trinajstić information content (AvgIpc) is 2.55. The number of carboxylic acids is 1. The Bertz CT molecular complexity index is 710. The summed E-state index contributed by atoms with van der Waals surface area (Å²) in [6.07, 6.45) is 2.07. The van der Waals surface area contributed by atoms with Gasteiger partial charge in [0.25, 0.3) is 5.91 Å². The molecule has 0 aliphatic heterocycles. The molecule has 1 amide bonds. The highest BCUT2D eigenvalue weighted by molar-refractivity contribution is 5.95. The number of benzene rings is 1. The van der Waals surface area contributed by atoms with Crippen molar-refractivity contribution in [1.29, 1.82) is 0 Å². The van der Waals surface area contributed by atoms with E-state index in [-0.39, 0.29) is 23.2 Å². The number of aromatic nitrogens is 1. The van der Waals surface area contributed by atoms with Gasteiger partial charge in [0.15, 0.2) is 0 Å². The first-order chi connectivity index (χ1) is 10.9. The molecule has 120 valence electrons. The Labute approximate surface area is 135 Å². The van der Waals surface area contributed by atoms with Crippen LogP contribution in [0.5, 0.6) is 0 Å². The topological polar surface area (TPSA) is 70.5 Å². The van der Waals surface area contributed by atoms with Crippen molar-refractivity contribution in [3.63, 3.8) is 0 Å². The Morgan fingerprint density at radius 1 is 1.22 bits per heavy atom. The van der Waals surface area contributed by atoms with Crippen molar-refractivity contribution in [3.8, 4) is 0 Å². The summed E-state index contributed by atoms with van der Waals surface area (Å²) in [6, 6.07) is 10.8.